The van der Waals surface area contributed by atoms with Gasteiger partial charge in [0.1, 0.15) is 17.3 Å². The molecule has 0 radical (unpaired) electrons. The molecule has 170 valence electrons. The molecule has 5 rings (SSSR count). The minimum absolute atomic E-state index is 0.115. The highest BCUT2D eigenvalue weighted by Crippen LogP contribution is 2.44. The van der Waals surface area contributed by atoms with Crippen LogP contribution in [0.15, 0.2) is 72.3 Å². The van der Waals surface area contributed by atoms with Gasteiger partial charge in [0.2, 0.25) is 0 Å². The number of aliphatic hydroxyl groups excluding tert-OH is 1. The first kappa shape index (κ1) is 22.1. The number of aliphatic hydroxyl groups is 1. The molecule has 1 fully saturated rings. The van der Waals surface area contributed by atoms with E-state index < -0.39 is 23.5 Å². The number of carbonyl (C=O) groups excluding carboxylic acids is 2. The SMILES string of the molecule is COc1ccc2nc(N3C(=O)C(=O)/C(=C(/O)c4ccc(Cl)cc4)[C@H]3c3ccc(F)cc3)sc2c1. The van der Waals surface area contributed by atoms with Crippen LogP contribution in [0, 0.1) is 5.82 Å². The number of Topliss-reactive ketones (excluding diaryl/α,β-unsaturated/α-hetero) is 1. The monoisotopic (exact) mass is 494 g/mol. The summed E-state index contributed by atoms with van der Waals surface area (Å²) in [6.45, 7) is 0. The van der Waals surface area contributed by atoms with Crippen molar-refractivity contribution < 1.29 is 23.8 Å². The van der Waals surface area contributed by atoms with Crippen LogP contribution in [0.1, 0.15) is 17.2 Å². The van der Waals surface area contributed by atoms with Crippen molar-refractivity contribution in [2.45, 2.75) is 6.04 Å². The number of ether oxygens (including phenoxy) is 1. The molecule has 1 N–H and O–H groups in total. The van der Waals surface area contributed by atoms with Crippen molar-refractivity contribution in [3.63, 3.8) is 0 Å². The van der Waals surface area contributed by atoms with E-state index in [9.17, 15) is 19.1 Å². The molecule has 0 aliphatic carbocycles. The Kier molecular flexibility index (Phi) is 5.55. The van der Waals surface area contributed by atoms with E-state index in [0.29, 0.717) is 27.4 Å². The van der Waals surface area contributed by atoms with Gasteiger partial charge >= 0.3 is 5.91 Å². The third kappa shape index (κ3) is 3.70. The maximum Gasteiger partial charge on any atom is 0.301 e. The van der Waals surface area contributed by atoms with Gasteiger partial charge in [-0.25, -0.2) is 9.37 Å². The predicted molar refractivity (Wildman–Crippen MR) is 129 cm³/mol. The number of anilines is 1. The number of carbonyl (C=O) groups is 2. The minimum atomic E-state index is -1.00. The van der Waals surface area contributed by atoms with Crippen LogP contribution < -0.4 is 9.64 Å². The van der Waals surface area contributed by atoms with Crippen LogP contribution in [0.25, 0.3) is 16.0 Å². The van der Waals surface area contributed by atoms with Crippen molar-refractivity contribution in [3.8, 4) is 5.75 Å². The molecule has 3 aromatic carbocycles. The van der Waals surface area contributed by atoms with Crippen LogP contribution in [0.3, 0.4) is 0 Å². The second-order valence-corrected chi connectivity index (χ2v) is 9.00. The molecular formula is C25H16ClFN2O4S. The van der Waals surface area contributed by atoms with Gasteiger partial charge in [0.15, 0.2) is 5.13 Å². The number of benzene rings is 3. The summed E-state index contributed by atoms with van der Waals surface area (Å²) in [4.78, 5) is 32.2. The zero-order chi connectivity index (χ0) is 24.0. The lowest BCUT2D eigenvalue weighted by molar-refractivity contribution is -0.132. The van der Waals surface area contributed by atoms with Crippen LogP contribution in [0.4, 0.5) is 9.52 Å². The summed E-state index contributed by atoms with van der Waals surface area (Å²) in [5, 5.41) is 11.8. The van der Waals surface area contributed by atoms with E-state index >= 15 is 0 Å². The number of fused-ring (bicyclic) bond motifs is 1. The van der Waals surface area contributed by atoms with Gasteiger partial charge in [0, 0.05) is 10.6 Å². The molecule has 4 aromatic rings. The number of amides is 1. The van der Waals surface area contributed by atoms with Crippen molar-refractivity contribution in [2.24, 2.45) is 0 Å². The molecule has 1 aromatic heterocycles. The van der Waals surface area contributed by atoms with Crippen LogP contribution in [0.5, 0.6) is 5.75 Å². The number of halogens is 2. The van der Waals surface area contributed by atoms with Crippen molar-refractivity contribution in [1.82, 2.24) is 4.98 Å². The van der Waals surface area contributed by atoms with Crippen molar-refractivity contribution in [3.05, 3.63) is 94.3 Å². The highest BCUT2D eigenvalue weighted by molar-refractivity contribution is 7.22. The molecule has 34 heavy (non-hydrogen) atoms. The molecule has 0 saturated carbocycles. The Balaban J connectivity index is 1.71. The first-order valence-electron chi connectivity index (χ1n) is 10.1. The van der Waals surface area contributed by atoms with Crippen LogP contribution in [-0.4, -0.2) is 28.9 Å². The lowest BCUT2D eigenvalue weighted by Gasteiger charge is -2.23. The zero-order valence-corrected chi connectivity index (χ0v) is 19.2. The first-order chi connectivity index (χ1) is 16.4. The Hall–Kier alpha value is -3.75. The predicted octanol–water partition coefficient (Wildman–Crippen LogP) is 5.72. The van der Waals surface area contributed by atoms with E-state index in [4.69, 9.17) is 16.3 Å². The number of ketones is 1. The van der Waals surface area contributed by atoms with E-state index in [1.165, 1.54) is 40.5 Å². The van der Waals surface area contributed by atoms with E-state index in [-0.39, 0.29) is 16.5 Å². The molecule has 0 bridgehead atoms. The van der Waals surface area contributed by atoms with Gasteiger partial charge < -0.3 is 9.84 Å². The lowest BCUT2D eigenvalue weighted by Crippen LogP contribution is -2.29. The van der Waals surface area contributed by atoms with Crippen molar-refractivity contribution in [1.29, 1.82) is 0 Å². The van der Waals surface area contributed by atoms with Gasteiger partial charge in [-0.15, -0.1) is 0 Å². The molecule has 1 aliphatic heterocycles. The molecule has 6 nitrogen and oxygen atoms in total. The average molecular weight is 495 g/mol. The van der Waals surface area contributed by atoms with Crippen LogP contribution >= 0.6 is 22.9 Å². The summed E-state index contributed by atoms with van der Waals surface area (Å²) in [6, 6.07) is 16.0. The van der Waals surface area contributed by atoms with Gasteiger partial charge in [-0.3, -0.25) is 14.5 Å². The number of methoxy groups -OCH3 is 1. The standard InChI is InChI=1S/C25H16ClFN2O4S/c1-33-17-10-11-18-19(12-17)34-25(28-18)29-21(13-4-8-16(27)9-5-13)20(23(31)24(29)32)22(30)14-2-6-15(26)7-3-14/h2-12,21,30H,1H3/b22-20+/t21-/m1/s1. The van der Waals surface area contributed by atoms with Crippen molar-refractivity contribution in [2.75, 3.05) is 12.0 Å². The largest absolute Gasteiger partial charge is 0.507 e. The van der Waals surface area contributed by atoms with E-state index in [1.54, 1.807) is 49.6 Å². The van der Waals surface area contributed by atoms with Gasteiger partial charge in [-0.2, -0.15) is 0 Å². The molecule has 0 spiro atoms. The smallest absolute Gasteiger partial charge is 0.301 e. The molecule has 0 unspecified atom stereocenters. The van der Waals surface area contributed by atoms with Gasteiger partial charge in [0.25, 0.3) is 5.78 Å². The summed E-state index contributed by atoms with van der Waals surface area (Å²) >= 11 is 7.16. The third-order valence-electron chi connectivity index (χ3n) is 5.54. The molecule has 1 aliphatic rings. The quantitative estimate of drug-likeness (QED) is 0.223. The molecule has 1 atom stereocenters. The number of rotatable bonds is 4. The van der Waals surface area contributed by atoms with Crippen LogP contribution in [-0.2, 0) is 9.59 Å². The molecular weight excluding hydrogens is 479 g/mol. The summed E-state index contributed by atoms with van der Waals surface area (Å²) in [6.07, 6.45) is 0. The van der Waals surface area contributed by atoms with Gasteiger partial charge in [-0.1, -0.05) is 35.1 Å². The number of thiazole rings is 1. The van der Waals surface area contributed by atoms with E-state index in [1.807, 2.05) is 0 Å². The number of hydrogen-bond donors (Lipinski definition) is 1. The molecule has 9 heteroatoms. The topological polar surface area (TPSA) is 79.7 Å². The maximum absolute atomic E-state index is 13.7. The summed E-state index contributed by atoms with van der Waals surface area (Å²) in [5.41, 5.74) is 1.28. The zero-order valence-electron chi connectivity index (χ0n) is 17.7. The third-order valence-corrected chi connectivity index (χ3v) is 6.81. The van der Waals surface area contributed by atoms with E-state index in [0.717, 1.165) is 4.70 Å². The lowest BCUT2D eigenvalue weighted by atomic mass is 9.95. The Labute approximate surface area is 202 Å². The molecule has 1 saturated heterocycles. The van der Waals surface area contributed by atoms with Gasteiger partial charge in [-0.05, 0) is 60.2 Å². The van der Waals surface area contributed by atoms with Crippen molar-refractivity contribution >= 4 is 55.7 Å². The highest BCUT2D eigenvalue weighted by Gasteiger charge is 2.48. The number of hydrogen-bond acceptors (Lipinski definition) is 6. The minimum Gasteiger partial charge on any atom is -0.507 e. The fourth-order valence-corrected chi connectivity index (χ4v) is 5.02. The Morgan fingerprint density at radius 2 is 1.79 bits per heavy atom. The average Bonchev–Trinajstić information content (AvgIpc) is 3.37. The fourth-order valence-electron chi connectivity index (χ4n) is 3.88. The second-order valence-electron chi connectivity index (χ2n) is 7.56. The normalized spacial score (nSPS) is 17.5. The summed E-state index contributed by atoms with van der Waals surface area (Å²) in [7, 11) is 1.55. The number of nitrogens with zero attached hydrogens (tertiary/aromatic N) is 2. The van der Waals surface area contributed by atoms with Gasteiger partial charge in [0.05, 0.1) is 28.9 Å². The summed E-state index contributed by atoms with van der Waals surface area (Å²) in [5.74, 6) is -1.89. The maximum atomic E-state index is 13.7. The number of aromatic nitrogens is 1. The fraction of sp³-hybridized carbons (Fsp3) is 0.0800. The Bertz CT molecular complexity index is 1460. The summed E-state index contributed by atoms with van der Waals surface area (Å²) < 4.78 is 19.7. The van der Waals surface area contributed by atoms with E-state index in [2.05, 4.69) is 4.98 Å². The Morgan fingerprint density at radius 3 is 2.47 bits per heavy atom. The first-order valence-corrected chi connectivity index (χ1v) is 11.3. The second kappa shape index (κ2) is 8.55. The van der Waals surface area contributed by atoms with Crippen LogP contribution in [0.2, 0.25) is 5.02 Å². The molecule has 1 amide bonds. The Morgan fingerprint density at radius 1 is 1.09 bits per heavy atom. The highest BCUT2D eigenvalue weighted by atomic mass is 35.5. The molecule has 2 heterocycles.